The first kappa shape index (κ1) is 12.7. The van der Waals surface area contributed by atoms with E-state index in [0.29, 0.717) is 17.1 Å². The number of carbonyl (C=O) groups is 1. The Bertz CT molecular complexity index is 712. The van der Waals surface area contributed by atoms with E-state index in [2.05, 4.69) is 5.16 Å². The van der Waals surface area contributed by atoms with Gasteiger partial charge in [0.25, 0.3) is 0 Å². The predicted molar refractivity (Wildman–Crippen MR) is 74.3 cm³/mol. The Balaban J connectivity index is 1.65. The predicted octanol–water partition coefficient (Wildman–Crippen LogP) is 3.10. The van der Waals surface area contributed by atoms with Crippen LogP contribution in [0, 0.1) is 0 Å². The van der Waals surface area contributed by atoms with Crippen LogP contribution in [0.15, 0.2) is 46.4 Å². The monoisotopic (exact) mass is 288 g/mol. The molecule has 0 bridgehead atoms. The van der Waals surface area contributed by atoms with Gasteiger partial charge < -0.3 is 13.8 Å². The van der Waals surface area contributed by atoms with Gasteiger partial charge in [0.05, 0.1) is 4.88 Å². The minimum atomic E-state index is -0.377. The van der Waals surface area contributed by atoms with E-state index >= 15 is 0 Å². The summed E-state index contributed by atoms with van der Waals surface area (Å²) < 4.78 is 12.1. The first-order chi connectivity index (χ1) is 9.74. The lowest BCUT2D eigenvalue weighted by atomic mass is 10.3. The molecule has 0 aliphatic heterocycles. The molecule has 0 aliphatic carbocycles. The number of aryl methyl sites for hydroxylation is 1. The first-order valence-electron chi connectivity index (χ1n) is 6.02. The Hall–Kier alpha value is -2.34. The molecule has 0 aliphatic rings. The van der Waals surface area contributed by atoms with Crippen molar-refractivity contribution in [3.63, 3.8) is 0 Å². The number of ether oxygens (including phenoxy) is 1. The molecule has 0 N–H and O–H groups in total. The second kappa shape index (κ2) is 5.34. The minimum Gasteiger partial charge on any atom is -0.454 e. The lowest BCUT2D eigenvalue weighted by Gasteiger charge is -2.03. The van der Waals surface area contributed by atoms with E-state index in [0.717, 1.165) is 4.88 Å². The normalized spacial score (nSPS) is 10.7. The summed E-state index contributed by atoms with van der Waals surface area (Å²) in [6.07, 6.45) is 1.79. The van der Waals surface area contributed by atoms with Crippen LogP contribution >= 0.6 is 11.3 Å². The lowest BCUT2D eigenvalue weighted by molar-refractivity contribution is 0.0453. The molecular weight excluding hydrogens is 276 g/mol. The third kappa shape index (κ3) is 2.50. The number of hydrogen-bond donors (Lipinski definition) is 0. The molecule has 0 unspecified atom stereocenters. The zero-order valence-electron chi connectivity index (χ0n) is 10.8. The number of thiophene rings is 1. The van der Waals surface area contributed by atoms with E-state index in [-0.39, 0.29) is 12.6 Å². The topological polar surface area (TPSA) is 57.3 Å². The second-order valence-corrected chi connectivity index (χ2v) is 5.19. The second-order valence-electron chi connectivity index (χ2n) is 4.24. The van der Waals surface area contributed by atoms with Crippen molar-refractivity contribution < 1.29 is 14.1 Å². The van der Waals surface area contributed by atoms with Crippen LogP contribution in [0.5, 0.6) is 0 Å². The van der Waals surface area contributed by atoms with E-state index in [1.165, 1.54) is 0 Å². The van der Waals surface area contributed by atoms with Gasteiger partial charge in [0.15, 0.2) is 5.76 Å². The smallest absolute Gasteiger partial charge is 0.355 e. The molecule has 6 heteroatoms. The Labute approximate surface area is 119 Å². The molecule has 3 aromatic rings. The van der Waals surface area contributed by atoms with Gasteiger partial charge in [0, 0.05) is 19.3 Å². The Morgan fingerprint density at radius 3 is 3.05 bits per heavy atom. The largest absolute Gasteiger partial charge is 0.454 e. The average molecular weight is 288 g/mol. The van der Waals surface area contributed by atoms with Crippen LogP contribution in [-0.2, 0) is 18.4 Å². The molecule has 102 valence electrons. The van der Waals surface area contributed by atoms with Crippen molar-refractivity contribution in [2.24, 2.45) is 7.05 Å². The molecule has 3 heterocycles. The van der Waals surface area contributed by atoms with Crippen molar-refractivity contribution in [3.05, 3.63) is 53.3 Å². The number of aromatic nitrogens is 2. The first-order valence-corrected chi connectivity index (χ1v) is 6.90. The zero-order chi connectivity index (χ0) is 13.9. The maximum absolute atomic E-state index is 11.8. The van der Waals surface area contributed by atoms with Crippen LogP contribution in [0.4, 0.5) is 0 Å². The molecule has 0 atom stereocenters. The quantitative estimate of drug-likeness (QED) is 0.692. The lowest BCUT2D eigenvalue weighted by Crippen LogP contribution is -2.09. The third-order valence-electron chi connectivity index (χ3n) is 2.83. The van der Waals surface area contributed by atoms with Gasteiger partial charge in [-0.25, -0.2) is 4.79 Å². The summed E-state index contributed by atoms with van der Waals surface area (Å²) >= 11 is 1.57. The fourth-order valence-corrected chi connectivity index (χ4v) is 2.47. The van der Waals surface area contributed by atoms with Crippen molar-refractivity contribution in [2.75, 3.05) is 0 Å². The Kier molecular flexibility index (Phi) is 3.39. The van der Waals surface area contributed by atoms with Gasteiger partial charge >= 0.3 is 5.97 Å². The third-order valence-corrected chi connectivity index (χ3v) is 3.71. The van der Waals surface area contributed by atoms with E-state index in [4.69, 9.17) is 9.26 Å². The molecule has 3 rings (SSSR count). The number of rotatable bonds is 4. The van der Waals surface area contributed by atoms with Gasteiger partial charge in [-0.15, -0.1) is 11.3 Å². The highest BCUT2D eigenvalue weighted by molar-refractivity contribution is 7.13. The fourth-order valence-electron chi connectivity index (χ4n) is 1.80. The van der Waals surface area contributed by atoms with Crippen LogP contribution in [-0.4, -0.2) is 15.7 Å². The van der Waals surface area contributed by atoms with Crippen molar-refractivity contribution in [3.8, 4) is 10.6 Å². The Morgan fingerprint density at radius 1 is 1.45 bits per heavy atom. The van der Waals surface area contributed by atoms with E-state index in [1.807, 2.05) is 17.5 Å². The van der Waals surface area contributed by atoms with Gasteiger partial charge in [-0.1, -0.05) is 11.2 Å². The molecule has 0 radical (unpaired) electrons. The molecule has 0 spiro atoms. The summed E-state index contributed by atoms with van der Waals surface area (Å²) in [4.78, 5) is 12.8. The highest BCUT2D eigenvalue weighted by atomic mass is 32.1. The summed E-state index contributed by atoms with van der Waals surface area (Å²) in [5.74, 6) is 0.308. The van der Waals surface area contributed by atoms with Gasteiger partial charge in [0.2, 0.25) is 0 Å². The van der Waals surface area contributed by atoms with Crippen molar-refractivity contribution in [1.29, 1.82) is 0 Å². The molecule has 0 saturated heterocycles. The maximum atomic E-state index is 11.8. The summed E-state index contributed by atoms with van der Waals surface area (Å²) in [5, 5.41) is 5.86. The molecular formula is C14H12N2O3S. The average Bonchev–Trinajstić information content (AvgIpc) is 3.16. The van der Waals surface area contributed by atoms with Crippen molar-refractivity contribution >= 4 is 17.3 Å². The molecule has 20 heavy (non-hydrogen) atoms. The minimum absolute atomic E-state index is 0.0961. The number of nitrogens with zero attached hydrogens (tertiary/aromatic N) is 2. The van der Waals surface area contributed by atoms with Gasteiger partial charge in [0.1, 0.15) is 18.0 Å². The molecule has 0 saturated carbocycles. The summed E-state index contributed by atoms with van der Waals surface area (Å²) in [6.45, 7) is 0.0961. The van der Waals surface area contributed by atoms with E-state index in [9.17, 15) is 4.79 Å². The highest BCUT2D eigenvalue weighted by Crippen LogP contribution is 2.25. The fraction of sp³-hybridized carbons (Fsp3) is 0.143. The van der Waals surface area contributed by atoms with E-state index < -0.39 is 0 Å². The van der Waals surface area contributed by atoms with Gasteiger partial charge in [-0.2, -0.15) is 0 Å². The zero-order valence-corrected chi connectivity index (χ0v) is 11.6. The standard InChI is InChI=1S/C14H12N2O3S/c1-16-6-2-4-11(16)14(17)18-9-10-8-12(19-15-10)13-5-3-7-20-13/h2-8H,9H2,1H3. The van der Waals surface area contributed by atoms with E-state index in [1.54, 1.807) is 47.3 Å². The summed E-state index contributed by atoms with van der Waals surface area (Å²) in [5.41, 5.74) is 1.10. The number of carbonyl (C=O) groups excluding carboxylic acids is 1. The van der Waals surface area contributed by atoms with Gasteiger partial charge in [-0.05, 0) is 23.6 Å². The maximum Gasteiger partial charge on any atom is 0.355 e. The van der Waals surface area contributed by atoms with Crippen LogP contribution in [0.25, 0.3) is 10.6 Å². The van der Waals surface area contributed by atoms with Crippen molar-refractivity contribution in [1.82, 2.24) is 9.72 Å². The molecule has 5 nitrogen and oxygen atoms in total. The summed E-state index contributed by atoms with van der Waals surface area (Å²) in [7, 11) is 1.79. The van der Waals surface area contributed by atoms with Crippen molar-refractivity contribution in [2.45, 2.75) is 6.61 Å². The molecule has 0 aromatic carbocycles. The SMILES string of the molecule is Cn1cccc1C(=O)OCc1cc(-c2cccs2)on1. The highest BCUT2D eigenvalue weighted by Gasteiger charge is 2.13. The van der Waals surface area contributed by atoms with Crippen LogP contribution in [0.1, 0.15) is 16.2 Å². The number of hydrogen-bond acceptors (Lipinski definition) is 5. The molecule has 0 amide bonds. The Morgan fingerprint density at radius 2 is 2.35 bits per heavy atom. The van der Waals surface area contributed by atoms with Gasteiger partial charge in [-0.3, -0.25) is 0 Å². The summed E-state index contributed by atoms with van der Waals surface area (Å²) in [6, 6.07) is 9.18. The van der Waals surface area contributed by atoms with Crippen LogP contribution < -0.4 is 0 Å². The number of esters is 1. The van der Waals surface area contributed by atoms with Crippen LogP contribution in [0.3, 0.4) is 0 Å². The molecule has 0 fully saturated rings. The van der Waals surface area contributed by atoms with Crippen LogP contribution in [0.2, 0.25) is 0 Å². The molecule has 3 aromatic heterocycles.